The van der Waals surface area contributed by atoms with Crippen molar-refractivity contribution in [3.63, 3.8) is 0 Å². The van der Waals surface area contributed by atoms with Crippen LogP contribution >= 0.6 is 0 Å². The summed E-state index contributed by atoms with van der Waals surface area (Å²) in [5.41, 5.74) is 11.6. The first-order chi connectivity index (χ1) is 13.4. The molecule has 28 heavy (non-hydrogen) atoms. The fourth-order valence-electron chi connectivity index (χ4n) is 3.29. The van der Waals surface area contributed by atoms with E-state index in [0.717, 1.165) is 33.6 Å². The van der Waals surface area contributed by atoms with Gasteiger partial charge in [-0.15, -0.1) is 0 Å². The van der Waals surface area contributed by atoms with Crippen molar-refractivity contribution in [1.82, 2.24) is 4.98 Å². The summed E-state index contributed by atoms with van der Waals surface area (Å²) in [4.78, 5) is 4.35. The molecule has 0 fully saturated rings. The van der Waals surface area contributed by atoms with E-state index in [1.165, 1.54) is 0 Å². The van der Waals surface area contributed by atoms with Gasteiger partial charge in [0.05, 0.1) is 23.4 Å². The van der Waals surface area contributed by atoms with Crippen LogP contribution in [0.3, 0.4) is 0 Å². The number of fused-ring (bicyclic) bond motifs is 1. The molecule has 2 N–H and O–H groups in total. The molecule has 1 aliphatic carbocycles. The van der Waals surface area contributed by atoms with Gasteiger partial charge in [0.1, 0.15) is 23.7 Å². The lowest BCUT2D eigenvalue weighted by molar-refractivity contribution is 0.271. The highest BCUT2D eigenvalue weighted by Gasteiger charge is 2.29. The summed E-state index contributed by atoms with van der Waals surface area (Å²) in [7, 11) is 0. The van der Waals surface area contributed by atoms with Gasteiger partial charge < -0.3 is 10.5 Å². The van der Waals surface area contributed by atoms with E-state index in [2.05, 4.69) is 31.0 Å². The van der Waals surface area contributed by atoms with Crippen molar-refractivity contribution in [1.29, 1.82) is 10.5 Å². The van der Waals surface area contributed by atoms with Gasteiger partial charge in [0.15, 0.2) is 0 Å². The Morgan fingerprint density at radius 1 is 1.14 bits per heavy atom. The molecule has 140 valence electrons. The molecule has 0 saturated carbocycles. The Labute approximate surface area is 165 Å². The smallest absolute Gasteiger partial charge is 0.142 e. The minimum Gasteiger partial charge on any atom is -0.493 e. The number of anilines is 1. The normalized spacial score (nSPS) is 14.2. The van der Waals surface area contributed by atoms with Crippen LogP contribution in [0.1, 0.15) is 48.7 Å². The van der Waals surface area contributed by atoms with Gasteiger partial charge in [-0.3, -0.25) is 0 Å². The Morgan fingerprint density at radius 2 is 1.82 bits per heavy atom. The van der Waals surface area contributed by atoms with Crippen molar-refractivity contribution in [3.05, 3.63) is 57.8 Å². The van der Waals surface area contributed by atoms with Gasteiger partial charge in [-0.2, -0.15) is 10.5 Å². The fraction of sp³-hybridized carbons (Fsp3) is 0.261. The van der Waals surface area contributed by atoms with E-state index >= 15 is 0 Å². The zero-order valence-corrected chi connectivity index (χ0v) is 16.5. The largest absolute Gasteiger partial charge is 0.493 e. The first-order valence-electron chi connectivity index (χ1n) is 9.14. The molecule has 2 aromatic rings. The van der Waals surface area contributed by atoms with Crippen LogP contribution in [0.2, 0.25) is 0 Å². The highest BCUT2D eigenvalue weighted by molar-refractivity contribution is 6.08. The van der Waals surface area contributed by atoms with Crippen molar-refractivity contribution in [2.45, 2.75) is 27.7 Å². The molecular weight excluding hydrogens is 348 g/mol. The van der Waals surface area contributed by atoms with E-state index < -0.39 is 0 Å². The third-order valence-corrected chi connectivity index (χ3v) is 4.76. The number of nitrogens with zero attached hydrogens (tertiary/aromatic N) is 3. The number of benzene rings is 1. The number of ether oxygens (including phenoxy) is 1. The van der Waals surface area contributed by atoms with E-state index in [0.29, 0.717) is 29.4 Å². The number of allylic oxidation sites excluding steroid dienone is 3. The van der Waals surface area contributed by atoms with Crippen molar-refractivity contribution >= 4 is 23.0 Å². The van der Waals surface area contributed by atoms with Crippen LogP contribution < -0.4 is 10.5 Å². The summed E-state index contributed by atoms with van der Waals surface area (Å²) in [6.07, 6.45) is 2.01. The van der Waals surface area contributed by atoms with Crippen molar-refractivity contribution in [2.75, 3.05) is 12.3 Å². The second-order valence-corrected chi connectivity index (χ2v) is 7.28. The zero-order valence-electron chi connectivity index (χ0n) is 16.5. The summed E-state index contributed by atoms with van der Waals surface area (Å²) in [5.74, 6) is 1.45. The molecule has 0 atom stereocenters. The predicted molar refractivity (Wildman–Crippen MR) is 111 cm³/mol. The Kier molecular flexibility index (Phi) is 5.20. The summed E-state index contributed by atoms with van der Waals surface area (Å²) in [6.45, 7) is 8.63. The number of nitrogens with two attached hydrogens (primary N) is 1. The van der Waals surface area contributed by atoms with Gasteiger partial charge in [-0.1, -0.05) is 26.0 Å². The molecule has 0 spiro atoms. The average Bonchev–Trinajstić information content (AvgIpc) is 2.92. The van der Waals surface area contributed by atoms with Gasteiger partial charge in [-0.25, -0.2) is 4.98 Å². The summed E-state index contributed by atoms with van der Waals surface area (Å²) >= 11 is 0. The van der Waals surface area contributed by atoms with Crippen LogP contribution in [0.5, 0.6) is 5.75 Å². The molecule has 0 amide bonds. The lowest BCUT2D eigenvalue weighted by Crippen LogP contribution is -2.04. The van der Waals surface area contributed by atoms with E-state index in [1.807, 2.05) is 44.2 Å². The summed E-state index contributed by atoms with van der Waals surface area (Å²) in [6, 6.07) is 12.2. The third kappa shape index (κ3) is 3.35. The highest BCUT2D eigenvalue weighted by atomic mass is 16.5. The van der Waals surface area contributed by atoms with E-state index in [9.17, 15) is 10.5 Å². The SMILES string of the molecule is CC1=C(C#N)c2nc(N)c(C#N)c(C)c2C1=Cc1ccc(OCC(C)C)cc1. The van der Waals surface area contributed by atoms with Crippen molar-refractivity contribution < 1.29 is 4.74 Å². The molecule has 0 bridgehead atoms. The van der Waals surface area contributed by atoms with Crippen LogP contribution in [0.25, 0.3) is 17.2 Å². The Hall–Kier alpha value is -3.57. The Balaban J connectivity index is 2.07. The molecule has 5 nitrogen and oxygen atoms in total. The molecular formula is C23H22N4O. The van der Waals surface area contributed by atoms with Gasteiger partial charge in [0.2, 0.25) is 0 Å². The minimum atomic E-state index is 0.159. The lowest BCUT2D eigenvalue weighted by atomic mass is 9.95. The monoisotopic (exact) mass is 370 g/mol. The Morgan fingerprint density at radius 3 is 2.39 bits per heavy atom. The van der Waals surface area contributed by atoms with Gasteiger partial charge in [-0.05, 0) is 60.2 Å². The number of nitrogen functional groups attached to an aromatic ring is 1. The van der Waals surface area contributed by atoms with Crippen LogP contribution in [-0.4, -0.2) is 11.6 Å². The molecule has 5 heteroatoms. The van der Waals surface area contributed by atoms with Crippen LogP contribution in [-0.2, 0) is 0 Å². The summed E-state index contributed by atoms with van der Waals surface area (Å²) in [5, 5.41) is 19.1. The number of aromatic nitrogens is 1. The molecule has 1 aromatic heterocycles. The second kappa shape index (κ2) is 7.58. The quantitative estimate of drug-likeness (QED) is 0.839. The first-order valence-corrected chi connectivity index (χ1v) is 9.14. The second-order valence-electron chi connectivity index (χ2n) is 7.28. The predicted octanol–water partition coefficient (Wildman–Crippen LogP) is 4.73. The number of hydrogen-bond donors (Lipinski definition) is 1. The van der Waals surface area contributed by atoms with Crippen LogP contribution in [0.15, 0.2) is 29.8 Å². The molecule has 0 aliphatic heterocycles. The maximum atomic E-state index is 9.62. The standard InChI is InChI=1S/C23H22N4O/c1-13(2)12-28-17-7-5-16(6-8-17)9-18-14(3)19(10-24)22-21(18)15(4)20(11-25)23(26)27-22/h5-9,13H,12H2,1-4H3,(H2,26,27). The minimum absolute atomic E-state index is 0.159. The average molecular weight is 370 g/mol. The van der Waals surface area contributed by atoms with Crippen molar-refractivity contribution in [2.24, 2.45) is 5.92 Å². The van der Waals surface area contributed by atoms with E-state index in [4.69, 9.17) is 10.5 Å². The van der Waals surface area contributed by atoms with E-state index in [1.54, 1.807) is 0 Å². The van der Waals surface area contributed by atoms with Crippen LogP contribution in [0.4, 0.5) is 5.82 Å². The van der Waals surface area contributed by atoms with Crippen LogP contribution in [0, 0.1) is 35.5 Å². The number of pyridine rings is 1. The topological polar surface area (TPSA) is 95.7 Å². The van der Waals surface area contributed by atoms with Crippen molar-refractivity contribution in [3.8, 4) is 17.9 Å². The molecule has 0 radical (unpaired) electrons. The molecule has 1 heterocycles. The number of hydrogen-bond acceptors (Lipinski definition) is 5. The van der Waals surface area contributed by atoms with E-state index in [-0.39, 0.29) is 5.82 Å². The lowest BCUT2D eigenvalue weighted by Gasteiger charge is -2.11. The maximum Gasteiger partial charge on any atom is 0.142 e. The Bertz CT molecular complexity index is 1080. The maximum absolute atomic E-state index is 9.62. The molecule has 1 aromatic carbocycles. The van der Waals surface area contributed by atoms with Gasteiger partial charge >= 0.3 is 0 Å². The number of nitriles is 2. The third-order valence-electron chi connectivity index (χ3n) is 4.76. The zero-order chi connectivity index (χ0) is 20.4. The molecule has 0 unspecified atom stereocenters. The first kappa shape index (κ1) is 19.2. The molecule has 0 saturated heterocycles. The molecule has 1 aliphatic rings. The van der Waals surface area contributed by atoms with Gasteiger partial charge in [0, 0.05) is 5.56 Å². The summed E-state index contributed by atoms with van der Waals surface area (Å²) < 4.78 is 5.73. The number of rotatable bonds is 4. The highest BCUT2D eigenvalue weighted by Crippen LogP contribution is 2.44. The fourth-order valence-corrected chi connectivity index (χ4v) is 3.29. The van der Waals surface area contributed by atoms with Gasteiger partial charge in [0.25, 0.3) is 0 Å². The molecule has 3 rings (SSSR count).